The van der Waals surface area contributed by atoms with Gasteiger partial charge in [0, 0.05) is 5.56 Å². The number of ether oxygens (including phenoxy) is 3. The number of nitrogens with one attached hydrogen (secondary N) is 1. The standard InChI is InChI=1S/C29H29F3N2O4/c30-29(31,32)28-24(16-33-34-28)26(37-18-22-12-6-2-7-13-22)27(38-19-23-14-8-3-9-15-23)25(35)20-36-17-21-10-4-1-5-11-21/h1-16,25-27,35H,17-20H2,(H,33,34)/t25-,26-,27+/m1/s1. The molecule has 0 spiro atoms. The Bertz CT molecular complexity index is 1220. The van der Waals surface area contributed by atoms with E-state index in [1.165, 1.54) is 0 Å². The summed E-state index contributed by atoms with van der Waals surface area (Å²) in [5, 5.41) is 16.8. The fraction of sp³-hybridized carbons (Fsp3) is 0.276. The predicted molar refractivity (Wildman–Crippen MR) is 135 cm³/mol. The molecule has 0 aliphatic rings. The molecule has 0 saturated carbocycles. The van der Waals surface area contributed by atoms with Crippen molar-refractivity contribution < 1.29 is 32.5 Å². The first kappa shape index (κ1) is 27.5. The lowest BCUT2D eigenvalue weighted by Crippen LogP contribution is -2.39. The van der Waals surface area contributed by atoms with Crippen LogP contribution >= 0.6 is 0 Å². The molecular formula is C29H29F3N2O4. The van der Waals surface area contributed by atoms with Crippen LogP contribution in [-0.2, 0) is 40.2 Å². The fourth-order valence-electron chi connectivity index (χ4n) is 3.99. The predicted octanol–water partition coefficient (Wildman–Crippen LogP) is 5.85. The zero-order valence-corrected chi connectivity index (χ0v) is 20.6. The molecule has 38 heavy (non-hydrogen) atoms. The minimum Gasteiger partial charge on any atom is -0.388 e. The number of rotatable bonds is 13. The maximum atomic E-state index is 13.9. The minimum atomic E-state index is -4.71. The first-order chi connectivity index (χ1) is 18.4. The van der Waals surface area contributed by atoms with Gasteiger partial charge >= 0.3 is 6.18 Å². The number of alkyl halides is 3. The molecule has 1 heterocycles. The number of aliphatic hydroxyl groups is 1. The van der Waals surface area contributed by atoms with Crippen LogP contribution < -0.4 is 0 Å². The van der Waals surface area contributed by atoms with E-state index < -0.39 is 30.2 Å². The van der Waals surface area contributed by atoms with Gasteiger partial charge in [-0.25, -0.2) is 0 Å². The van der Waals surface area contributed by atoms with Crippen LogP contribution in [0.4, 0.5) is 13.2 Å². The molecule has 3 atom stereocenters. The summed E-state index contributed by atoms with van der Waals surface area (Å²) in [6, 6.07) is 27.6. The number of aliphatic hydroxyl groups excluding tert-OH is 1. The summed E-state index contributed by atoms with van der Waals surface area (Å²) in [5.41, 5.74) is 1.13. The van der Waals surface area contributed by atoms with Crippen molar-refractivity contribution in [2.45, 2.75) is 44.3 Å². The topological polar surface area (TPSA) is 76.6 Å². The Morgan fingerprint density at radius 2 is 1.24 bits per heavy atom. The number of aromatic amines is 1. The molecule has 200 valence electrons. The monoisotopic (exact) mass is 526 g/mol. The van der Waals surface area contributed by atoms with Crippen LogP contribution in [0.5, 0.6) is 0 Å². The molecule has 0 bridgehead atoms. The van der Waals surface area contributed by atoms with E-state index in [-0.39, 0.29) is 32.0 Å². The molecule has 0 saturated heterocycles. The number of aromatic nitrogens is 2. The Morgan fingerprint density at radius 3 is 1.76 bits per heavy atom. The Hall–Kier alpha value is -3.50. The van der Waals surface area contributed by atoms with Gasteiger partial charge in [-0.1, -0.05) is 91.0 Å². The molecule has 0 fully saturated rings. The van der Waals surface area contributed by atoms with E-state index in [4.69, 9.17) is 14.2 Å². The number of H-pyrrole nitrogens is 1. The lowest BCUT2D eigenvalue weighted by molar-refractivity contribution is -0.159. The van der Waals surface area contributed by atoms with Crippen LogP contribution in [0.25, 0.3) is 0 Å². The van der Waals surface area contributed by atoms with Crippen LogP contribution in [0.1, 0.15) is 34.1 Å². The molecule has 4 aromatic rings. The molecule has 0 aliphatic heterocycles. The molecule has 0 radical (unpaired) electrons. The van der Waals surface area contributed by atoms with Crippen molar-refractivity contribution in [3.05, 3.63) is 125 Å². The van der Waals surface area contributed by atoms with Gasteiger partial charge in [0.15, 0.2) is 0 Å². The van der Waals surface area contributed by atoms with Gasteiger partial charge in [0.2, 0.25) is 0 Å². The van der Waals surface area contributed by atoms with E-state index in [0.717, 1.165) is 22.9 Å². The quantitative estimate of drug-likeness (QED) is 0.229. The SMILES string of the molecule is O[C@H](COCc1ccccc1)[C@H](OCc1ccccc1)[C@H](OCc1ccccc1)c1cn[nH]c1C(F)(F)F. The van der Waals surface area contributed by atoms with E-state index in [2.05, 4.69) is 5.10 Å². The second-order valence-electron chi connectivity index (χ2n) is 8.74. The Morgan fingerprint density at radius 1 is 0.737 bits per heavy atom. The second-order valence-corrected chi connectivity index (χ2v) is 8.74. The van der Waals surface area contributed by atoms with Crippen molar-refractivity contribution in [2.24, 2.45) is 0 Å². The number of hydrogen-bond acceptors (Lipinski definition) is 5. The molecule has 0 aliphatic carbocycles. The third kappa shape index (κ3) is 7.75. The molecule has 6 nitrogen and oxygen atoms in total. The Kier molecular flexibility index (Phi) is 9.67. The van der Waals surface area contributed by atoms with Gasteiger partial charge in [-0.3, -0.25) is 5.10 Å². The van der Waals surface area contributed by atoms with E-state index in [9.17, 15) is 18.3 Å². The van der Waals surface area contributed by atoms with Crippen molar-refractivity contribution in [3.8, 4) is 0 Å². The molecule has 0 unspecified atom stereocenters. The van der Waals surface area contributed by atoms with Gasteiger partial charge < -0.3 is 19.3 Å². The van der Waals surface area contributed by atoms with Gasteiger partial charge in [0.05, 0.1) is 32.6 Å². The summed E-state index contributed by atoms with van der Waals surface area (Å²) in [6.45, 7) is 0.0829. The highest BCUT2D eigenvalue weighted by molar-refractivity contribution is 5.24. The van der Waals surface area contributed by atoms with Gasteiger partial charge in [0.25, 0.3) is 0 Å². The largest absolute Gasteiger partial charge is 0.433 e. The summed E-state index contributed by atoms with van der Waals surface area (Å²) in [6.07, 6.45) is -7.45. The van der Waals surface area contributed by atoms with E-state index in [1.807, 2.05) is 84.0 Å². The molecule has 2 N–H and O–H groups in total. The third-order valence-corrected chi connectivity index (χ3v) is 5.89. The normalized spacial score (nSPS) is 14.2. The van der Waals surface area contributed by atoms with Gasteiger partial charge in [-0.05, 0) is 16.7 Å². The van der Waals surface area contributed by atoms with Crippen LogP contribution in [0.15, 0.2) is 97.2 Å². The fourth-order valence-corrected chi connectivity index (χ4v) is 3.99. The van der Waals surface area contributed by atoms with Crippen LogP contribution in [0.3, 0.4) is 0 Å². The van der Waals surface area contributed by atoms with Crippen molar-refractivity contribution in [1.29, 1.82) is 0 Å². The summed E-state index contributed by atoms with van der Waals surface area (Å²) in [7, 11) is 0. The van der Waals surface area contributed by atoms with E-state index in [1.54, 1.807) is 12.1 Å². The smallest absolute Gasteiger partial charge is 0.388 e. The molecule has 3 aromatic carbocycles. The number of benzene rings is 3. The number of halogens is 3. The van der Waals surface area contributed by atoms with Gasteiger partial charge in [-0.15, -0.1) is 0 Å². The summed E-state index contributed by atoms with van der Waals surface area (Å²) < 4.78 is 59.4. The lowest BCUT2D eigenvalue weighted by atomic mass is 9.99. The van der Waals surface area contributed by atoms with Gasteiger partial charge in [-0.2, -0.15) is 18.3 Å². The van der Waals surface area contributed by atoms with Crippen LogP contribution in [0.2, 0.25) is 0 Å². The van der Waals surface area contributed by atoms with Crippen molar-refractivity contribution in [3.63, 3.8) is 0 Å². The highest BCUT2D eigenvalue weighted by atomic mass is 19.4. The maximum Gasteiger partial charge on any atom is 0.433 e. The Labute approximate surface area is 219 Å². The van der Waals surface area contributed by atoms with Crippen molar-refractivity contribution in [1.82, 2.24) is 10.2 Å². The summed E-state index contributed by atoms with van der Waals surface area (Å²) in [5.74, 6) is 0. The average Bonchev–Trinajstić information content (AvgIpc) is 3.43. The van der Waals surface area contributed by atoms with E-state index in [0.29, 0.717) is 0 Å². The van der Waals surface area contributed by atoms with Crippen LogP contribution in [0, 0.1) is 0 Å². The van der Waals surface area contributed by atoms with E-state index >= 15 is 0 Å². The van der Waals surface area contributed by atoms with Crippen molar-refractivity contribution in [2.75, 3.05) is 6.61 Å². The lowest BCUT2D eigenvalue weighted by Gasteiger charge is -2.31. The van der Waals surface area contributed by atoms with Crippen LogP contribution in [-0.4, -0.2) is 34.1 Å². The third-order valence-electron chi connectivity index (χ3n) is 5.89. The molecule has 0 amide bonds. The molecule has 9 heteroatoms. The molecule has 4 rings (SSSR count). The summed E-state index contributed by atoms with van der Waals surface area (Å²) >= 11 is 0. The zero-order valence-electron chi connectivity index (χ0n) is 20.6. The molecular weight excluding hydrogens is 497 g/mol. The maximum absolute atomic E-state index is 13.9. The average molecular weight is 527 g/mol. The highest BCUT2D eigenvalue weighted by Crippen LogP contribution is 2.37. The zero-order chi connectivity index (χ0) is 26.8. The first-order valence-corrected chi connectivity index (χ1v) is 12.1. The van der Waals surface area contributed by atoms with Gasteiger partial charge in [0.1, 0.15) is 24.0 Å². The number of nitrogens with zero attached hydrogens (tertiary/aromatic N) is 1. The minimum absolute atomic E-state index is 0.00320. The van der Waals surface area contributed by atoms with Crippen molar-refractivity contribution >= 4 is 0 Å². The first-order valence-electron chi connectivity index (χ1n) is 12.1. The number of hydrogen-bond donors (Lipinski definition) is 2. The summed E-state index contributed by atoms with van der Waals surface area (Å²) in [4.78, 5) is 0. The second kappa shape index (κ2) is 13.3. The Balaban J connectivity index is 1.60. The molecule has 1 aromatic heterocycles. The highest BCUT2D eigenvalue weighted by Gasteiger charge is 2.42.